The smallest absolute Gasteiger partial charge is 0.347 e. The first kappa shape index (κ1) is 18.5. The molecule has 1 N–H and O–H groups in total. The van der Waals surface area contributed by atoms with Gasteiger partial charge in [-0.1, -0.05) is 24.3 Å². The van der Waals surface area contributed by atoms with Crippen LogP contribution in [0, 0.1) is 13.8 Å². The van der Waals surface area contributed by atoms with Crippen LogP contribution in [0.4, 0.5) is 5.69 Å². The first-order valence-electron chi connectivity index (χ1n) is 8.63. The van der Waals surface area contributed by atoms with Gasteiger partial charge in [0.1, 0.15) is 19.0 Å². The quantitative estimate of drug-likeness (QED) is 0.460. The Morgan fingerprint density at radius 3 is 2.48 bits per heavy atom. The number of benzene rings is 2. The zero-order valence-corrected chi connectivity index (χ0v) is 15.3. The number of ether oxygens (including phenoxy) is 3. The van der Waals surface area contributed by atoms with Gasteiger partial charge in [-0.2, -0.15) is 0 Å². The fourth-order valence-corrected chi connectivity index (χ4v) is 2.75. The standard InChI is InChI=1S/C21H21NO5/c1-14-10-15(2)12-17(11-14)25-8-9-26-21(24)19-18(23)13-27-20(19)22-16-6-4-3-5-7-16/h3-7,10-12,22H,8-9,13H2,1-2H3. The fraction of sp³-hybridized carbons (Fsp3) is 0.238. The van der Waals surface area contributed by atoms with E-state index in [1.54, 1.807) is 12.1 Å². The Morgan fingerprint density at radius 2 is 1.78 bits per heavy atom. The van der Waals surface area contributed by atoms with Crippen molar-refractivity contribution >= 4 is 17.4 Å². The number of carbonyl (C=O) groups is 2. The SMILES string of the molecule is Cc1cc(C)cc(OCCOC(=O)C2=C(Nc3ccccc3)OCC2=O)c1. The highest BCUT2D eigenvalue weighted by Crippen LogP contribution is 2.21. The van der Waals surface area contributed by atoms with Gasteiger partial charge in [-0.05, 0) is 49.2 Å². The lowest BCUT2D eigenvalue weighted by atomic mass is 10.1. The first-order chi connectivity index (χ1) is 13.0. The van der Waals surface area contributed by atoms with Crippen molar-refractivity contribution in [2.24, 2.45) is 0 Å². The molecule has 6 heteroatoms. The van der Waals surface area contributed by atoms with Crippen molar-refractivity contribution in [3.8, 4) is 5.75 Å². The van der Waals surface area contributed by atoms with Gasteiger partial charge in [0.25, 0.3) is 0 Å². The molecule has 0 aliphatic carbocycles. The van der Waals surface area contributed by atoms with Gasteiger partial charge in [0.2, 0.25) is 11.7 Å². The summed E-state index contributed by atoms with van der Waals surface area (Å²) in [6.45, 7) is 4.01. The maximum absolute atomic E-state index is 12.3. The molecule has 6 nitrogen and oxygen atoms in total. The van der Waals surface area contributed by atoms with Crippen LogP contribution in [-0.2, 0) is 19.1 Å². The average Bonchev–Trinajstić information content (AvgIpc) is 2.99. The van der Waals surface area contributed by atoms with Crippen LogP contribution >= 0.6 is 0 Å². The number of nitrogens with one attached hydrogen (secondary N) is 1. The molecule has 2 aromatic carbocycles. The van der Waals surface area contributed by atoms with Crippen molar-refractivity contribution in [3.05, 3.63) is 71.1 Å². The molecule has 0 amide bonds. The Hall–Kier alpha value is -3.28. The number of ketones is 1. The number of hydrogen-bond acceptors (Lipinski definition) is 6. The van der Waals surface area contributed by atoms with E-state index >= 15 is 0 Å². The lowest BCUT2D eigenvalue weighted by molar-refractivity contribution is -0.140. The molecule has 140 valence electrons. The second-order valence-electron chi connectivity index (χ2n) is 6.21. The average molecular weight is 367 g/mol. The van der Waals surface area contributed by atoms with Gasteiger partial charge in [0.05, 0.1) is 0 Å². The van der Waals surface area contributed by atoms with E-state index in [0.717, 1.165) is 16.9 Å². The van der Waals surface area contributed by atoms with Crippen molar-refractivity contribution in [1.82, 2.24) is 0 Å². The molecule has 0 spiro atoms. The Bertz CT molecular complexity index is 853. The van der Waals surface area contributed by atoms with Gasteiger partial charge in [-0.25, -0.2) is 4.79 Å². The van der Waals surface area contributed by atoms with Gasteiger partial charge < -0.3 is 19.5 Å². The summed E-state index contributed by atoms with van der Waals surface area (Å²) in [4.78, 5) is 24.3. The zero-order chi connectivity index (χ0) is 19.2. The van der Waals surface area contributed by atoms with Crippen LogP contribution in [0.25, 0.3) is 0 Å². The number of rotatable bonds is 7. The second kappa shape index (κ2) is 8.40. The van der Waals surface area contributed by atoms with Crippen LogP contribution in [0.2, 0.25) is 0 Å². The van der Waals surface area contributed by atoms with Crippen molar-refractivity contribution in [1.29, 1.82) is 0 Å². The summed E-state index contributed by atoms with van der Waals surface area (Å²) in [5.41, 5.74) is 2.80. The highest BCUT2D eigenvalue weighted by atomic mass is 16.6. The van der Waals surface area contributed by atoms with E-state index in [1.807, 2.05) is 50.2 Å². The van der Waals surface area contributed by atoms with Crippen molar-refractivity contribution in [2.75, 3.05) is 25.1 Å². The van der Waals surface area contributed by atoms with Gasteiger partial charge in [-0.3, -0.25) is 4.79 Å². The predicted octanol–water partition coefficient (Wildman–Crippen LogP) is 3.15. The minimum Gasteiger partial charge on any atom is -0.490 e. The summed E-state index contributed by atoms with van der Waals surface area (Å²) in [6.07, 6.45) is 0. The number of hydrogen-bond donors (Lipinski definition) is 1. The van der Waals surface area contributed by atoms with E-state index in [9.17, 15) is 9.59 Å². The molecule has 0 saturated carbocycles. The minimum atomic E-state index is -0.722. The summed E-state index contributed by atoms with van der Waals surface area (Å²) in [7, 11) is 0. The van der Waals surface area contributed by atoms with Crippen LogP contribution in [0.15, 0.2) is 60.0 Å². The monoisotopic (exact) mass is 367 g/mol. The Morgan fingerprint density at radius 1 is 1.07 bits per heavy atom. The molecule has 0 unspecified atom stereocenters. The topological polar surface area (TPSA) is 73.9 Å². The number of Topliss-reactive ketones (excluding diaryl/α,β-unsaturated/α-hetero) is 1. The van der Waals surface area contributed by atoms with Crippen molar-refractivity contribution in [3.63, 3.8) is 0 Å². The normalized spacial score (nSPS) is 13.3. The zero-order valence-electron chi connectivity index (χ0n) is 15.3. The van der Waals surface area contributed by atoms with Crippen LogP contribution in [-0.4, -0.2) is 31.6 Å². The number of para-hydroxylation sites is 1. The van der Waals surface area contributed by atoms with Gasteiger partial charge in [-0.15, -0.1) is 0 Å². The molecule has 0 radical (unpaired) electrons. The molecule has 1 aliphatic heterocycles. The third kappa shape index (κ3) is 4.88. The Balaban J connectivity index is 1.57. The molecule has 1 heterocycles. The highest BCUT2D eigenvalue weighted by molar-refractivity contribution is 6.19. The Kier molecular flexibility index (Phi) is 5.76. The minimum absolute atomic E-state index is 0.0290. The van der Waals surface area contributed by atoms with Gasteiger partial charge in [0.15, 0.2) is 12.2 Å². The van der Waals surface area contributed by atoms with Gasteiger partial charge >= 0.3 is 5.97 Å². The molecule has 0 atom stereocenters. The second-order valence-corrected chi connectivity index (χ2v) is 6.21. The molecule has 1 aliphatic rings. The molecule has 0 saturated heterocycles. The van der Waals surface area contributed by atoms with E-state index in [-0.39, 0.29) is 31.3 Å². The van der Waals surface area contributed by atoms with Crippen molar-refractivity contribution in [2.45, 2.75) is 13.8 Å². The maximum atomic E-state index is 12.3. The van der Waals surface area contributed by atoms with Gasteiger partial charge in [0, 0.05) is 5.69 Å². The summed E-state index contributed by atoms with van der Waals surface area (Å²) in [5, 5.41) is 2.94. The Labute approximate surface area is 157 Å². The lowest BCUT2D eigenvalue weighted by Crippen LogP contribution is -2.19. The summed E-state index contributed by atoms with van der Waals surface area (Å²) in [5.74, 6) is -0.297. The van der Waals surface area contributed by atoms with Crippen molar-refractivity contribution < 1.29 is 23.8 Å². The van der Waals surface area contributed by atoms with E-state index in [2.05, 4.69) is 5.32 Å². The van der Waals surface area contributed by atoms with E-state index in [0.29, 0.717) is 5.69 Å². The van der Waals surface area contributed by atoms with Crippen LogP contribution in [0.5, 0.6) is 5.75 Å². The first-order valence-corrected chi connectivity index (χ1v) is 8.63. The fourth-order valence-electron chi connectivity index (χ4n) is 2.75. The summed E-state index contributed by atoms with van der Waals surface area (Å²) >= 11 is 0. The van der Waals surface area contributed by atoms with Crippen LogP contribution < -0.4 is 10.1 Å². The molecule has 2 aromatic rings. The van der Waals surface area contributed by atoms with Crippen LogP contribution in [0.3, 0.4) is 0 Å². The molecular formula is C21H21NO5. The predicted molar refractivity (Wildman–Crippen MR) is 100 cm³/mol. The van der Waals surface area contributed by atoms with E-state index in [1.165, 1.54) is 0 Å². The number of anilines is 1. The molecule has 0 bridgehead atoms. The third-order valence-electron chi connectivity index (χ3n) is 3.87. The number of esters is 1. The van der Waals surface area contributed by atoms with E-state index < -0.39 is 11.8 Å². The number of carbonyl (C=O) groups excluding carboxylic acids is 2. The molecule has 27 heavy (non-hydrogen) atoms. The highest BCUT2D eigenvalue weighted by Gasteiger charge is 2.32. The maximum Gasteiger partial charge on any atom is 0.347 e. The lowest BCUT2D eigenvalue weighted by Gasteiger charge is -2.10. The summed E-state index contributed by atoms with van der Waals surface area (Å²) in [6, 6.07) is 15.0. The summed E-state index contributed by atoms with van der Waals surface area (Å²) < 4.78 is 16.1. The van der Waals surface area contributed by atoms with E-state index in [4.69, 9.17) is 14.2 Å². The molecular weight excluding hydrogens is 346 g/mol. The third-order valence-corrected chi connectivity index (χ3v) is 3.87. The molecule has 0 fully saturated rings. The molecule has 3 rings (SSSR count). The van der Waals surface area contributed by atoms with Crippen LogP contribution in [0.1, 0.15) is 11.1 Å². The molecule has 0 aromatic heterocycles. The number of aryl methyl sites for hydroxylation is 2. The largest absolute Gasteiger partial charge is 0.490 e.